The number of carboxylic acids is 1. The van der Waals surface area contributed by atoms with E-state index in [0.29, 0.717) is 17.4 Å². The Bertz CT molecular complexity index is 1390. The first-order chi connectivity index (χ1) is 16.5. The van der Waals surface area contributed by atoms with Crippen LogP contribution in [0.25, 0.3) is 27.5 Å². The lowest BCUT2D eigenvalue weighted by atomic mass is 9.71. The summed E-state index contributed by atoms with van der Waals surface area (Å²) in [6.45, 7) is 3.25. The summed E-state index contributed by atoms with van der Waals surface area (Å²) in [5, 5.41) is 18.9. The van der Waals surface area contributed by atoms with Crippen LogP contribution in [0.4, 0.5) is 4.39 Å². The summed E-state index contributed by atoms with van der Waals surface area (Å²) in [4.78, 5) is 11.4. The Labute approximate surface area is 196 Å². The summed E-state index contributed by atoms with van der Waals surface area (Å²) in [5.74, 6) is -0.452. The third kappa shape index (κ3) is 3.50. The van der Waals surface area contributed by atoms with Gasteiger partial charge in [-0.2, -0.15) is 5.10 Å². The molecule has 34 heavy (non-hydrogen) atoms. The van der Waals surface area contributed by atoms with Crippen LogP contribution in [0.15, 0.2) is 36.5 Å². The molecular formula is C27H28FN3O3. The Kier molecular flexibility index (Phi) is 5.17. The number of rotatable bonds is 5. The molecule has 7 heteroatoms. The number of aromatic nitrogens is 3. The van der Waals surface area contributed by atoms with Crippen molar-refractivity contribution in [3.63, 3.8) is 0 Å². The molecule has 3 heterocycles. The van der Waals surface area contributed by atoms with E-state index in [1.54, 1.807) is 13.0 Å². The van der Waals surface area contributed by atoms with Crippen LogP contribution >= 0.6 is 0 Å². The molecule has 1 saturated heterocycles. The van der Waals surface area contributed by atoms with E-state index in [1.165, 1.54) is 16.6 Å². The monoisotopic (exact) mass is 461 g/mol. The molecule has 0 spiro atoms. The zero-order valence-electron chi connectivity index (χ0n) is 19.2. The highest BCUT2D eigenvalue weighted by atomic mass is 19.1. The van der Waals surface area contributed by atoms with E-state index in [0.717, 1.165) is 67.4 Å². The number of hydrogen-bond acceptors (Lipinski definition) is 3. The van der Waals surface area contributed by atoms with E-state index in [1.807, 2.05) is 18.3 Å². The van der Waals surface area contributed by atoms with Crippen LogP contribution in [0.3, 0.4) is 0 Å². The van der Waals surface area contributed by atoms with Crippen molar-refractivity contribution in [2.75, 3.05) is 13.2 Å². The summed E-state index contributed by atoms with van der Waals surface area (Å²) >= 11 is 0. The molecular weight excluding hydrogens is 433 g/mol. The summed E-state index contributed by atoms with van der Waals surface area (Å²) in [6, 6.07) is 9.67. The highest BCUT2D eigenvalue weighted by Gasteiger charge is 2.36. The van der Waals surface area contributed by atoms with Crippen LogP contribution in [-0.4, -0.2) is 39.1 Å². The molecule has 176 valence electrons. The van der Waals surface area contributed by atoms with Crippen LogP contribution in [-0.2, 0) is 16.0 Å². The summed E-state index contributed by atoms with van der Waals surface area (Å²) in [6.07, 6.45) is 5.99. The van der Waals surface area contributed by atoms with Gasteiger partial charge in [-0.1, -0.05) is 0 Å². The maximum absolute atomic E-state index is 14.2. The number of nitrogens with one attached hydrogen (secondary N) is 1. The van der Waals surface area contributed by atoms with Crippen molar-refractivity contribution in [3.05, 3.63) is 59.2 Å². The highest BCUT2D eigenvalue weighted by Crippen LogP contribution is 2.44. The number of H-pyrrole nitrogens is 1. The molecule has 2 aromatic heterocycles. The summed E-state index contributed by atoms with van der Waals surface area (Å²) < 4.78 is 22.2. The number of aliphatic carboxylic acids is 1. The average molecular weight is 462 g/mol. The van der Waals surface area contributed by atoms with Gasteiger partial charge < -0.3 is 14.4 Å². The van der Waals surface area contributed by atoms with E-state index < -0.39 is 5.97 Å². The molecule has 6 rings (SSSR count). The predicted molar refractivity (Wildman–Crippen MR) is 128 cm³/mol. The molecule has 0 unspecified atom stereocenters. The lowest BCUT2D eigenvalue weighted by Gasteiger charge is -2.33. The molecule has 0 atom stereocenters. The third-order valence-electron chi connectivity index (χ3n) is 7.76. The number of halogens is 1. The van der Waals surface area contributed by atoms with E-state index in [-0.39, 0.29) is 11.7 Å². The largest absolute Gasteiger partial charge is 0.481 e. The van der Waals surface area contributed by atoms with E-state index in [9.17, 15) is 14.3 Å². The number of benzene rings is 2. The Morgan fingerprint density at radius 2 is 2.03 bits per heavy atom. The van der Waals surface area contributed by atoms with Crippen LogP contribution in [0, 0.1) is 24.6 Å². The molecule has 2 fully saturated rings. The van der Waals surface area contributed by atoms with Gasteiger partial charge in [0.05, 0.1) is 23.1 Å². The Hall–Kier alpha value is -3.19. The zero-order valence-corrected chi connectivity index (χ0v) is 19.2. The number of carboxylic acid groups (broad SMARTS) is 1. The standard InChI is InChI=1S/C27H28FN3O3/c1-15-8-20(2-3-23(15)28)31-25-12-19-14-29-30-24(19)13-21(25)22(11-16-9-18(10-16)27(32)33)26(31)17-4-6-34-7-5-17/h2-3,8,12-14,16-18H,4-7,9-11H2,1H3,(H,29,30)(H,32,33). The first-order valence-electron chi connectivity index (χ1n) is 12.1. The van der Waals surface area contributed by atoms with Gasteiger partial charge in [0.1, 0.15) is 5.82 Å². The lowest BCUT2D eigenvalue weighted by molar-refractivity contribution is -0.146. The fourth-order valence-electron chi connectivity index (χ4n) is 5.86. The van der Waals surface area contributed by atoms with Crippen molar-refractivity contribution in [2.24, 2.45) is 11.8 Å². The van der Waals surface area contributed by atoms with Gasteiger partial charge in [0.15, 0.2) is 0 Å². The minimum Gasteiger partial charge on any atom is -0.481 e. The fraction of sp³-hybridized carbons (Fsp3) is 0.407. The van der Waals surface area contributed by atoms with Crippen molar-refractivity contribution in [1.29, 1.82) is 0 Å². The van der Waals surface area contributed by atoms with Crippen molar-refractivity contribution >= 4 is 27.8 Å². The van der Waals surface area contributed by atoms with Crippen molar-refractivity contribution in [3.8, 4) is 5.69 Å². The van der Waals surface area contributed by atoms with E-state index >= 15 is 0 Å². The molecule has 0 amide bonds. The zero-order chi connectivity index (χ0) is 23.4. The summed E-state index contributed by atoms with van der Waals surface area (Å²) in [7, 11) is 0. The molecule has 2 N–H and O–H groups in total. The molecule has 2 aromatic carbocycles. The van der Waals surface area contributed by atoms with Gasteiger partial charge in [0, 0.05) is 41.3 Å². The van der Waals surface area contributed by atoms with Crippen LogP contribution in [0.2, 0.25) is 0 Å². The number of carbonyl (C=O) groups is 1. The molecule has 0 bridgehead atoms. The minimum absolute atomic E-state index is 0.209. The fourth-order valence-corrected chi connectivity index (χ4v) is 5.86. The molecule has 1 saturated carbocycles. The predicted octanol–water partition coefficient (Wildman–Crippen LogP) is 5.50. The number of fused-ring (bicyclic) bond motifs is 2. The molecule has 1 aliphatic carbocycles. The topological polar surface area (TPSA) is 80.1 Å². The van der Waals surface area contributed by atoms with Gasteiger partial charge in [0.2, 0.25) is 0 Å². The summed E-state index contributed by atoms with van der Waals surface area (Å²) in [5.41, 5.74) is 6.20. The number of aryl methyl sites for hydroxylation is 1. The first-order valence-corrected chi connectivity index (χ1v) is 12.1. The SMILES string of the molecule is Cc1cc(-n2c(C3CCOCC3)c(CC3CC(C(=O)O)C3)c3cc4[nH]ncc4cc32)ccc1F. The molecule has 1 aliphatic heterocycles. The van der Waals surface area contributed by atoms with Gasteiger partial charge in [-0.3, -0.25) is 9.89 Å². The Morgan fingerprint density at radius 1 is 1.24 bits per heavy atom. The minimum atomic E-state index is -0.690. The lowest BCUT2D eigenvalue weighted by Crippen LogP contribution is -2.31. The number of hydrogen-bond donors (Lipinski definition) is 2. The molecule has 4 aromatic rings. The Balaban J connectivity index is 1.58. The van der Waals surface area contributed by atoms with Crippen molar-refractivity contribution < 1.29 is 19.0 Å². The highest BCUT2D eigenvalue weighted by molar-refractivity contribution is 5.98. The van der Waals surface area contributed by atoms with E-state index in [4.69, 9.17) is 4.74 Å². The van der Waals surface area contributed by atoms with Gasteiger partial charge >= 0.3 is 5.97 Å². The molecule has 0 radical (unpaired) electrons. The average Bonchev–Trinajstić information content (AvgIpc) is 3.38. The normalized spacial score (nSPS) is 21.2. The van der Waals surface area contributed by atoms with Crippen LogP contribution in [0.1, 0.15) is 48.4 Å². The van der Waals surface area contributed by atoms with Crippen LogP contribution in [0.5, 0.6) is 0 Å². The number of nitrogens with zero attached hydrogens (tertiary/aromatic N) is 2. The van der Waals surface area contributed by atoms with Gasteiger partial charge in [-0.05, 0) is 86.4 Å². The second-order valence-electron chi connectivity index (χ2n) is 9.92. The maximum atomic E-state index is 14.2. The van der Waals surface area contributed by atoms with Gasteiger partial charge in [-0.25, -0.2) is 4.39 Å². The second kappa shape index (κ2) is 8.24. The maximum Gasteiger partial charge on any atom is 0.306 e. The van der Waals surface area contributed by atoms with Crippen LogP contribution < -0.4 is 0 Å². The molecule has 2 aliphatic rings. The van der Waals surface area contributed by atoms with Crippen molar-refractivity contribution in [2.45, 2.75) is 44.9 Å². The van der Waals surface area contributed by atoms with Crippen molar-refractivity contribution in [1.82, 2.24) is 14.8 Å². The van der Waals surface area contributed by atoms with Gasteiger partial charge in [-0.15, -0.1) is 0 Å². The third-order valence-corrected chi connectivity index (χ3v) is 7.76. The Morgan fingerprint density at radius 3 is 2.76 bits per heavy atom. The smallest absolute Gasteiger partial charge is 0.306 e. The first kappa shape index (κ1) is 21.4. The molecule has 6 nitrogen and oxygen atoms in total. The number of ether oxygens (including phenoxy) is 1. The number of aromatic amines is 1. The van der Waals surface area contributed by atoms with E-state index in [2.05, 4.69) is 26.9 Å². The second-order valence-corrected chi connectivity index (χ2v) is 9.92. The van der Waals surface area contributed by atoms with Gasteiger partial charge in [0.25, 0.3) is 0 Å². The quantitative estimate of drug-likeness (QED) is 0.411.